The fourth-order valence-electron chi connectivity index (χ4n) is 4.20. The average molecular weight is 448 g/mol. The fraction of sp³-hybridized carbons (Fsp3) is 0.320. The van der Waals surface area contributed by atoms with Crippen molar-refractivity contribution in [3.63, 3.8) is 0 Å². The summed E-state index contributed by atoms with van der Waals surface area (Å²) in [6, 6.07) is 14.3. The van der Waals surface area contributed by atoms with Crippen LogP contribution in [0.15, 0.2) is 54.7 Å². The number of aromatic nitrogens is 2. The van der Waals surface area contributed by atoms with Gasteiger partial charge < -0.3 is 19.4 Å². The summed E-state index contributed by atoms with van der Waals surface area (Å²) < 4.78 is 19.3. The second kappa shape index (κ2) is 9.15. The van der Waals surface area contributed by atoms with Gasteiger partial charge in [0.1, 0.15) is 18.0 Å². The van der Waals surface area contributed by atoms with Crippen LogP contribution < -0.4 is 9.64 Å². The normalized spacial score (nSPS) is 16.1. The molecule has 2 aliphatic heterocycles. The number of benzene rings is 2. The van der Waals surface area contributed by atoms with Crippen LogP contribution in [0, 0.1) is 5.82 Å². The summed E-state index contributed by atoms with van der Waals surface area (Å²) in [5.74, 6) is 0.314. The van der Waals surface area contributed by atoms with Gasteiger partial charge in [-0.1, -0.05) is 30.3 Å². The topological polar surface area (TPSA) is 61.8 Å². The molecular weight excluding hydrogens is 421 g/mol. The van der Waals surface area contributed by atoms with Crippen molar-refractivity contribution < 1.29 is 13.9 Å². The minimum Gasteiger partial charge on any atom is -0.472 e. The highest BCUT2D eigenvalue weighted by molar-refractivity contribution is 5.96. The van der Waals surface area contributed by atoms with E-state index in [0.29, 0.717) is 24.6 Å². The maximum absolute atomic E-state index is 13.3. The number of carbonyl (C=O) groups excluding carboxylic acids is 1. The number of anilines is 2. The Hall–Kier alpha value is -3.52. The van der Waals surface area contributed by atoms with Gasteiger partial charge in [0.05, 0.1) is 0 Å². The number of likely N-dealkylation sites (N-methyl/N-ethyl adjacent to an activating group) is 1. The fourth-order valence-corrected chi connectivity index (χ4v) is 4.20. The first-order valence-electron chi connectivity index (χ1n) is 11.2. The van der Waals surface area contributed by atoms with E-state index in [1.165, 1.54) is 17.7 Å². The van der Waals surface area contributed by atoms with Crippen molar-refractivity contribution in [3.05, 3.63) is 77.2 Å². The molecule has 1 fully saturated rings. The van der Waals surface area contributed by atoms with Crippen molar-refractivity contribution in [2.45, 2.75) is 13.0 Å². The lowest BCUT2D eigenvalue weighted by atomic mass is 10.2. The van der Waals surface area contributed by atoms with E-state index < -0.39 is 0 Å². The number of ether oxygens (including phenoxy) is 1. The van der Waals surface area contributed by atoms with Crippen LogP contribution in [-0.4, -0.2) is 65.4 Å². The number of halogens is 1. The average Bonchev–Trinajstić information content (AvgIpc) is 3.28. The monoisotopic (exact) mass is 447 g/mol. The summed E-state index contributed by atoms with van der Waals surface area (Å²) in [6.45, 7) is 3.88. The number of para-hydroxylation sites is 1. The number of fused-ring (bicyclic) bond motifs is 1. The van der Waals surface area contributed by atoms with Crippen molar-refractivity contribution in [1.29, 1.82) is 0 Å². The zero-order chi connectivity index (χ0) is 22.8. The van der Waals surface area contributed by atoms with Crippen LogP contribution >= 0.6 is 0 Å². The third-order valence-electron chi connectivity index (χ3n) is 6.18. The number of hydrogen-bond donors (Lipinski definition) is 0. The van der Waals surface area contributed by atoms with Crippen LogP contribution in [0.1, 0.15) is 21.5 Å². The molecule has 0 unspecified atom stereocenters. The van der Waals surface area contributed by atoms with E-state index in [4.69, 9.17) is 4.74 Å². The molecule has 0 radical (unpaired) electrons. The lowest BCUT2D eigenvalue weighted by molar-refractivity contribution is 0.0658. The second-order valence-corrected chi connectivity index (χ2v) is 8.43. The highest BCUT2D eigenvalue weighted by Gasteiger charge is 2.27. The van der Waals surface area contributed by atoms with Crippen LogP contribution in [0.3, 0.4) is 0 Å². The predicted molar refractivity (Wildman–Crippen MR) is 123 cm³/mol. The predicted octanol–water partition coefficient (Wildman–Crippen LogP) is 3.28. The smallest absolute Gasteiger partial charge is 0.261 e. The molecule has 2 aliphatic rings. The standard InChI is InChI=1S/C25H26FN5O2/c1-29-12-14-30(15-13-29)24(32)21-16-27-25(31-11-10-19-4-2-3-5-22(19)31)28-23(21)33-17-18-6-8-20(26)9-7-18/h2-9,16H,10-15,17H2,1H3. The Balaban J connectivity index is 1.44. The Bertz CT molecular complexity index is 1150. The van der Waals surface area contributed by atoms with Crippen LogP contribution in [0.5, 0.6) is 5.88 Å². The molecule has 0 spiro atoms. The van der Waals surface area contributed by atoms with Crippen LogP contribution in [0.4, 0.5) is 16.0 Å². The van der Waals surface area contributed by atoms with Gasteiger partial charge in [-0.3, -0.25) is 4.79 Å². The van der Waals surface area contributed by atoms with E-state index in [2.05, 4.69) is 20.9 Å². The van der Waals surface area contributed by atoms with Crippen molar-refractivity contribution in [3.8, 4) is 5.88 Å². The molecule has 3 aromatic rings. The van der Waals surface area contributed by atoms with E-state index in [-0.39, 0.29) is 24.2 Å². The summed E-state index contributed by atoms with van der Waals surface area (Å²) in [5.41, 5.74) is 3.45. The maximum atomic E-state index is 13.3. The molecule has 0 N–H and O–H groups in total. The Labute approximate surface area is 192 Å². The first kappa shape index (κ1) is 21.3. The molecule has 0 atom stereocenters. The Kier molecular flexibility index (Phi) is 5.92. The Morgan fingerprint density at radius 3 is 2.58 bits per heavy atom. The van der Waals surface area contributed by atoms with Crippen molar-refractivity contribution in [2.24, 2.45) is 0 Å². The lowest BCUT2D eigenvalue weighted by Gasteiger charge is -2.32. The number of nitrogens with zero attached hydrogens (tertiary/aromatic N) is 5. The van der Waals surface area contributed by atoms with Gasteiger partial charge >= 0.3 is 0 Å². The summed E-state index contributed by atoms with van der Waals surface area (Å²) in [6.07, 6.45) is 2.48. The molecule has 2 aromatic carbocycles. The van der Waals surface area contributed by atoms with Crippen molar-refractivity contribution in [2.75, 3.05) is 44.7 Å². The molecule has 7 nitrogen and oxygen atoms in total. The van der Waals surface area contributed by atoms with Gasteiger partial charge in [-0.2, -0.15) is 4.98 Å². The number of amides is 1. The van der Waals surface area contributed by atoms with Crippen LogP contribution in [0.25, 0.3) is 0 Å². The highest BCUT2D eigenvalue weighted by atomic mass is 19.1. The molecule has 1 aromatic heterocycles. The quantitative estimate of drug-likeness (QED) is 0.598. The molecule has 3 heterocycles. The number of piperazine rings is 1. The molecule has 8 heteroatoms. The van der Waals surface area contributed by atoms with E-state index in [9.17, 15) is 9.18 Å². The van der Waals surface area contributed by atoms with Gasteiger partial charge in [-0.15, -0.1) is 0 Å². The largest absolute Gasteiger partial charge is 0.472 e. The molecular formula is C25H26FN5O2. The first-order chi connectivity index (χ1) is 16.1. The molecule has 0 aliphatic carbocycles. The Morgan fingerprint density at radius 1 is 1.03 bits per heavy atom. The maximum Gasteiger partial charge on any atom is 0.261 e. The highest BCUT2D eigenvalue weighted by Crippen LogP contribution is 2.33. The van der Waals surface area contributed by atoms with Gasteiger partial charge in [0.2, 0.25) is 11.8 Å². The van der Waals surface area contributed by atoms with Crippen molar-refractivity contribution >= 4 is 17.5 Å². The SMILES string of the molecule is CN1CCN(C(=O)c2cnc(N3CCc4ccccc43)nc2OCc2ccc(F)cc2)CC1. The summed E-state index contributed by atoms with van der Waals surface area (Å²) in [5, 5.41) is 0. The number of hydrogen-bond acceptors (Lipinski definition) is 6. The summed E-state index contributed by atoms with van der Waals surface area (Å²) >= 11 is 0. The third kappa shape index (κ3) is 4.52. The van der Waals surface area contributed by atoms with E-state index in [0.717, 1.165) is 37.3 Å². The molecule has 0 bridgehead atoms. The zero-order valence-electron chi connectivity index (χ0n) is 18.6. The van der Waals surface area contributed by atoms with Gasteiger partial charge in [0.25, 0.3) is 5.91 Å². The zero-order valence-corrected chi connectivity index (χ0v) is 18.6. The molecule has 1 saturated heterocycles. The van der Waals surface area contributed by atoms with E-state index >= 15 is 0 Å². The van der Waals surface area contributed by atoms with Crippen molar-refractivity contribution in [1.82, 2.24) is 19.8 Å². The Morgan fingerprint density at radius 2 is 1.79 bits per heavy atom. The van der Waals surface area contributed by atoms with E-state index in [1.807, 2.05) is 35.0 Å². The minimum atomic E-state index is -0.304. The van der Waals surface area contributed by atoms with Gasteiger partial charge in [0, 0.05) is 44.6 Å². The van der Waals surface area contributed by atoms with Crippen LogP contribution in [0.2, 0.25) is 0 Å². The minimum absolute atomic E-state index is 0.134. The number of carbonyl (C=O) groups is 1. The molecule has 1 amide bonds. The third-order valence-corrected chi connectivity index (χ3v) is 6.18. The van der Waals surface area contributed by atoms with Gasteiger partial charge in [0.15, 0.2) is 0 Å². The molecule has 33 heavy (non-hydrogen) atoms. The molecule has 0 saturated carbocycles. The number of rotatable bonds is 5. The summed E-state index contributed by atoms with van der Waals surface area (Å²) in [7, 11) is 2.05. The second-order valence-electron chi connectivity index (χ2n) is 8.43. The van der Waals surface area contributed by atoms with E-state index in [1.54, 1.807) is 18.3 Å². The molecule has 170 valence electrons. The van der Waals surface area contributed by atoms with Gasteiger partial charge in [-0.25, -0.2) is 9.37 Å². The lowest BCUT2D eigenvalue weighted by Crippen LogP contribution is -2.47. The summed E-state index contributed by atoms with van der Waals surface area (Å²) in [4.78, 5) is 28.6. The van der Waals surface area contributed by atoms with Gasteiger partial charge in [-0.05, 0) is 42.8 Å². The molecule has 5 rings (SSSR count). The van der Waals surface area contributed by atoms with Crippen LogP contribution in [-0.2, 0) is 13.0 Å². The first-order valence-corrected chi connectivity index (χ1v) is 11.2.